The van der Waals surface area contributed by atoms with E-state index < -0.39 is 29.3 Å². The molecular formula is C11H11FO5. The summed E-state index contributed by atoms with van der Waals surface area (Å²) < 4.78 is 22.6. The normalized spacial score (nSPS) is 18.0. The van der Waals surface area contributed by atoms with Gasteiger partial charge >= 0.3 is 17.7 Å². The van der Waals surface area contributed by atoms with Crippen molar-refractivity contribution in [1.82, 2.24) is 0 Å². The Balaban J connectivity index is 3.22. The molecule has 0 aliphatic heterocycles. The molecule has 0 fully saturated rings. The molecule has 0 N–H and O–H groups in total. The fourth-order valence-corrected chi connectivity index (χ4v) is 1.44. The van der Waals surface area contributed by atoms with Crippen molar-refractivity contribution in [1.29, 1.82) is 0 Å². The van der Waals surface area contributed by atoms with E-state index in [0.717, 1.165) is 19.9 Å². The van der Waals surface area contributed by atoms with E-state index in [1.807, 2.05) is 0 Å². The van der Waals surface area contributed by atoms with Crippen LogP contribution >= 0.6 is 0 Å². The van der Waals surface area contributed by atoms with Crippen molar-refractivity contribution >= 4 is 17.7 Å². The molecule has 0 aromatic rings. The molecule has 0 amide bonds. The lowest BCUT2D eigenvalue weighted by Gasteiger charge is -2.29. The first-order valence-corrected chi connectivity index (χ1v) is 4.77. The molecule has 0 radical (unpaired) electrons. The van der Waals surface area contributed by atoms with Crippen molar-refractivity contribution in [2.75, 3.05) is 0 Å². The fourth-order valence-electron chi connectivity index (χ4n) is 1.44. The van der Waals surface area contributed by atoms with E-state index in [0.29, 0.717) is 6.08 Å². The Bertz CT molecular complexity index is 431. The van der Waals surface area contributed by atoms with E-state index in [1.165, 1.54) is 6.92 Å². The Morgan fingerprint density at radius 3 is 2.12 bits per heavy atom. The molecule has 0 unspecified atom stereocenters. The van der Waals surface area contributed by atoms with Crippen molar-refractivity contribution in [3.8, 4) is 0 Å². The van der Waals surface area contributed by atoms with Crippen molar-refractivity contribution in [2.45, 2.75) is 26.6 Å². The van der Waals surface area contributed by atoms with Crippen molar-refractivity contribution in [3.05, 3.63) is 23.6 Å². The van der Waals surface area contributed by atoms with Gasteiger partial charge in [-0.05, 0) is 13.0 Å². The number of allylic oxidation sites excluding steroid dienone is 2. The summed E-state index contributed by atoms with van der Waals surface area (Å²) in [5.74, 6) is -5.65. The second-order valence-corrected chi connectivity index (χ2v) is 3.54. The lowest BCUT2D eigenvalue weighted by molar-refractivity contribution is -0.208. The van der Waals surface area contributed by atoms with Crippen LogP contribution in [0.15, 0.2) is 23.6 Å². The van der Waals surface area contributed by atoms with Gasteiger partial charge in [0.2, 0.25) is 5.78 Å². The standard InChI is InChI=1S/C11H11FO5/c1-6-4-9(12)5-11(10(6)15,16-7(2)13)17-8(3)14/h4-5H,1-3H3. The highest BCUT2D eigenvalue weighted by atomic mass is 19.1. The topological polar surface area (TPSA) is 69.7 Å². The molecule has 1 rings (SSSR count). The molecular weight excluding hydrogens is 231 g/mol. The quantitative estimate of drug-likeness (QED) is 0.537. The average Bonchev–Trinajstić information content (AvgIpc) is 2.11. The number of esters is 2. The third-order valence-electron chi connectivity index (χ3n) is 1.95. The van der Waals surface area contributed by atoms with E-state index in [4.69, 9.17) is 0 Å². The van der Waals surface area contributed by atoms with E-state index in [9.17, 15) is 18.8 Å². The van der Waals surface area contributed by atoms with Crippen LogP contribution in [-0.2, 0) is 23.9 Å². The maximum atomic E-state index is 13.3. The van der Waals surface area contributed by atoms with Gasteiger partial charge in [0, 0.05) is 25.5 Å². The first-order chi connectivity index (χ1) is 7.77. The number of hydrogen-bond donors (Lipinski definition) is 0. The van der Waals surface area contributed by atoms with Gasteiger partial charge in [0.05, 0.1) is 0 Å². The zero-order valence-electron chi connectivity index (χ0n) is 9.57. The Labute approximate surface area is 96.9 Å². The molecule has 0 heterocycles. The van der Waals surface area contributed by atoms with Crippen LogP contribution in [0.2, 0.25) is 0 Å². The van der Waals surface area contributed by atoms with Crippen LogP contribution in [0.1, 0.15) is 20.8 Å². The summed E-state index contributed by atoms with van der Waals surface area (Å²) in [6.07, 6.45) is 1.62. The molecule has 92 valence electrons. The minimum absolute atomic E-state index is 0.00694. The zero-order valence-corrected chi connectivity index (χ0v) is 9.57. The molecule has 0 bridgehead atoms. The van der Waals surface area contributed by atoms with Gasteiger partial charge < -0.3 is 9.47 Å². The lowest BCUT2D eigenvalue weighted by Crippen LogP contribution is -2.47. The predicted molar refractivity (Wildman–Crippen MR) is 54.2 cm³/mol. The number of hydrogen-bond acceptors (Lipinski definition) is 5. The van der Waals surface area contributed by atoms with Crippen molar-refractivity contribution in [3.63, 3.8) is 0 Å². The Hall–Kier alpha value is -1.98. The van der Waals surface area contributed by atoms with Crippen LogP contribution in [0.3, 0.4) is 0 Å². The third-order valence-corrected chi connectivity index (χ3v) is 1.95. The summed E-state index contributed by atoms with van der Waals surface area (Å²) in [6, 6.07) is 0. The first kappa shape index (κ1) is 13.1. The summed E-state index contributed by atoms with van der Waals surface area (Å²) in [7, 11) is 0. The minimum Gasteiger partial charge on any atom is -0.411 e. The number of ether oxygens (including phenoxy) is 2. The predicted octanol–water partition coefficient (Wildman–Crippen LogP) is 1.19. The maximum Gasteiger partial charge on any atom is 0.344 e. The van der Waals surface area contributed by atoms with Crippen molar-refractivity contribution in [2.24, 2.45) is 0 Å². The molecule has 1 aliphatic rings. The van der Waals surface area contributed by atoms with E-state index >= 15 is 0 Å². The van der Waals surface area contributed by atoms with E-state index in [-0.39, 0.29) is 5.57 Å². The zero-order chi connectivity index (χ0) is 13.2. The highest BCUT2D eigenvalue weighted by molar-refractivity contribution is 6.05. The SMILES string of the molecule is CC(=O)OC1(OC(C)=O)C=C(F)C=C(C)C1=O. The summed E-state index contributed by atoms with van der Waals surface area (Å²) in [6.45, 7) is 3.38. The van der Waals surface area contributed by atoms with E-state index in [2.05, 4.69) is 9.47 Å². The largest absolute Gasteiger partial charge is 0.411 e. The van der Waals surface area contributed by atoms with Crippen LogP contribution in [0.25, 0.3) is 0 Å². The molecule has 0 atom stereocenters. The Morgan fingerprint density at radius 2 is 1.71 bits per heavy atom. The van der Waals surface area contributed by atoms with Crippen LogP contribution in [0.4, 0.5) is 4.39 Å². The molecule has 1 aliphatic carbocycles. The van der Waals surface area contributed by atoms with Crippen LogP contribution < -0.4 is 0 Å². The van der Waals surface area contributed by atoms with Gasteiger partial charge in [-0.1, -0.05) is 0 Å². The van der Waals surface area contributed by atoms with Gasteiger partial charge in [-0.25, -0.2) is 4.39 Å². The average molecular weight is 242 g/mol. The minimum atomic E-state index is -2.32. The molecule has 0 aromatic carbocycles. The molecule has 0 saturated heterocycles. The molecule has 0 spiro atoms. The molecule has 0 aromatic heterocycles. The Kier molecular flexibility index (Phi) is 3.45. The number of ketones is 1. The third kappa shape index (κ3) is 2.77. The molecule has 0 saturated carbocycles. The second-order valence-electron chi connectivity index (χ2n) is 3.54. The van der Waals surface area contributed by atoms with Gasteiger partial charge in [0.1, 0.15) is 5.83 Å². The summed E-state index contributed by atoms with van der Waals surface area (Å²) >= 11 is 0. The number of rotatable bonds is 2. The summed E-state index contributed by atoms with van der Waals surface area (Å²) in [5.41, 5.74) is -0.00694. The first-order valence-electron chi connectivity index (χ1n) is 4.77. The van der Waals surface area contributed by atoms with Gasteiger partial charge in [0.25, 0.3) is 0 Å². The number of halogens is 1. The van der Waals surface area contributed by atoms with Crippen LogP contribution in [0.5, 0.6) is 0 Å². The maximum absolute atomic E-state index is 13.3. The smallest absolute Gasteiger partial charge is 0.344 e. The monoisotopic (exact) mass is 242 g/mol. The van der Waals surface area contributed by atoms with Gasteiger partial charge in [-0.15, -0.1) is 0 Å². The Morgan fingerprint density at radius 1 is 1.24 bits per heavy atom. The van der Waals surface area contributed by atoms with E-state index in [1.54, 1.807) is 0 Å². The lowest BCUT2D eigenvalue weighted by atomic mass is 9.98. The fraction of sp³-hybridized carbons (Fsp3) is 0.364. The van der Waals surface area contributed by atoms with Gasteiger partial charge in [-0.3, -0.25) is 14.4 Å². The summed E-state index contributed by atoms with van der Waals surface area (Å²) in [5, 5.41) is 0. The molecule has 5 nitrogen and oxygen atoms in total. The van der Waals surface area contributed by atoms with Crippen LogP contribution in [-0.4, -0.2) is 23.5 Å². The highest BCUT2D eigenvalue weighted by Gasteiger charge is 2.46. The number of Topliss-reactive ketones (excluding diaryl/α,β-unsaturated/α-hetero) is 1. The number of carbonyl (C=O) groups excluding carboxylic acids is 3. The van der Waals surface area contributed by atoms with Gasteiger partial charge in [0.15, 0.2) is 0 Å². The highest BCUT2D eigenvalue weighted by Crippen LogP contribution is 2.29. The summed E-state index contributed by atoms with van der Waals surface area (Å²) in [4.78, 5) is 33.7. The van der Waals surface area contributed by atoms with Gasteiger partial charge in [-0.2, -0.15) is 0 Å². The molecule has 6 heteroatoms. The van der Waals surface area contributed by atoms with Crippen LogP contribution in [0, 0.1) is 0 Å². The van der Waals surface area contributed by atoms with Crippen molar-refractivity contribution < 1.29 is 28.2 Å². The second kappa shape index (κ2) is 4.48. The number of carbonyl (C=O) groups is 3. The molecule has 17 heavy (non-hydrogen) atoms.